The Kier molecular flexibility index (Phi) is 6.45. The molecule has 0 saturated carbocycles. The van der Waals surface area contributed by atoms with E-state index in [1.54, 1.807) is 6.21 Å². The molecule has 1 aromatic carbocycles. The molecule has 1 amide bonds. The van der Waals surface area contributed by atoms with Crippen molar-refractivity contribution < 1.29 is 4.79 Å². The fourth-order valence-electron chi connectivity index (χ4n) is 3.07. The maximum Gasteiger partial charge on any atom is 0.250 e. The highest BCUT2D eigenvalue weighted by molar-refractivity contribution is 7.99. The van der Waals surface area contributed by atoms with Crippen molar-refractivity contribution in [2.24, 2.45) is 5.10 Å². The number of benzene rings is 1. The normalized spacial score (nSPS) is 14.1. The topological polar surface area (TPSA) is 70.5 Å². The predicted molar refractivity (Wildman–Crippen MR) is 111 cm³/mol. The van der Waals surface area contributed by atoms with E-state index in [0.717, 1.165) is 35.6 Å². The van der Waals surface area contributed by atoms with Crippen LogP contribution in [0.15, 0.2) is 34.5 Å². The van der Waals surface area contributed by atoms with E-state index in [2.05, 4.69) is 50.5 Å². The van der Waals surface area contributed by atoms with Gasteiger partial charge >= 0.3 is 0 Å². The lowest BCUT2D eigenvalue weighted by molar-refractivity contribution is -0.118. The van der Waals surface area contributed by atoms with Crippen LogP contribution in [0.2, 0.25) is 0 Å². The average Bonchev–Trinajstić information content (AvgIpc) is 3.15. The zero-order chi connectivity index (χ0) is 19.2. The van der Waals surface area contributed by atoms with Gasteiger partial charge in [-0.25, -0.2) is 15.4 Å². The second-order valence-electron chi connectivity index (χ2n) is 6.75. The molecule has 0 unspecified atom stereocenters. The van der Waals surface area contributed by atoms with E-state index in [-0.39, 0.29) is 11.7 Å². The fourth-order valence-corrected chi connectivity index (χ4v) is 3.81. The van der Waals surface area contributed by atoms with Gasteiger partial charge in [0.1, 0.15) is 0 Å². The van der Waals surface area contributed by atoms with E-state index >= 15 is 0 Å². The molecular formula is C20H25N5OS. The number of thioether (sulfide) groups is 1. The SMILES string of the molecule is Cc1cc(C)nc(SCC(=O)N/N=C\c2ccc(N3CCCC3)cc2C)n1. The van der Waals surface area contributed by atoms with Crippen molar-refractivity contribution >= 4 is 29.6 Å². The Balaban J connectivity index is 1.51. The quantitative estimate of drug-likeness (QED) is 0.359. The van der Waals surface area contributed by atoms with Gasteiger partial charge in [-0.05, 0) is 62.9 Å². The summed E-state index contributed by atoms with van der Waals surface area (Å²) < 4.78 is 0. The van der Waals surface area contributed by atoms with E-state index in [1.807, 2.05) is 19.9 Å². The zero-order valence-electron chi connectivity index (χ0n) is 16.0. The molecule has 142 valence electrons. The minimum absolute atomic E-state index is 0.176. The van der Waals surface area contributed by atoms with Gasteiger partial charge in [-0.3, -0.25) is 4.79 Å². The lowest BCUT2D eigenvalue weighted by Crippen LogP contribution is -2.20. The van der Waals surface area contributed by atoms with Crippen molar-refractivity contribution in [1.82, 2.24) is 15.4 Å². The molecule has 1 aromatic heterocycles. The molecule has 0 bridgehead atoms. The van der Waals surface area contributed by atoms with Gasteiger partial charge in [0, 0.05) is 30.2 Å². The number of hydrazone groups is 1. The van der Waals surface area contributed by atoms with Gasteiger partial charge in [0.15, 0.2) is 5.16 Å². The molecule has 2 heterocycles. The number of nitrogens with zero attached hydrogens (tertiary/aromatic N) is 4. The summed E-state index contributed by atoms with van der Waals surface area (Å²) in [5.74, 6) is 0.0537. The second-order valence-corrected chi connectivity index (χ2v) is 7.69. The number of aromatic nitrogens is 2. The second kappa shape index (κ2) is 8.99. The number of hydrogen-bond donors (Lipinski definition) is 1. The van der Waals surface area contributed by atoms with Gasteiger partial charge in [0.25, 0.3) is 5.91 Å². The molecule has 1 N–H and O–H groups in total. The summed E-state index contributed by atoms with van der Waals surface area (Å²) in [7, 11) is 0. The van der Waals surface area contributed by atoms with E-state index in [4.69, 9.17) is 0 Å². The molecule has 0 atom stereocenters. The Hall–Kier alpha value is -2.41. The third kappa shape index (κ3) is 5.53. The van der Waals surface area contributed by atoms with Crippen molar-refractivity contribution in [3.05, 3.63) is 46.8 Å². The average molecular weight is 384 g/mol. The summed E-state index contributed by atoms with van der Waals surface area (Å²) in [6.45, 7) is 8.16. The number of rotatable bonds is 6. The highest BCUT2D eigenvalue weighted by Gasteiger charge is 2.12. The number of anilines is 1. The first kappa shape index (κ1) is 19.4. The fraction of sp³-hybridized carbons (Fsp3) is 0.400. The van der Waals surface area contributed by atoms with Crippen molar-refractivity contribution in [1.29, 1.82) is 0 Å². The Morgan fingerprint density at radius 3 is 2.56 bits per heavy atom. The van der Waals surface area contributed by atoms with Gasteiger partial charge in [0.2, 0.25) is 0 Å². The third-order valence-corrected chi connectivity index (χ3v) is 5.26. The van der Waals surface area contributed by atoms with Crippen LogP contribution in [0.4, 0.5) is 5.69 Å². The van der Waals surface area contributed by atoms with Crippen LogP contribution in [0.3, 0.4) is 0 Å². The summed E-state index contributed by atoms with van der Waals surface area (Å²) >= 11 is 1.31. The molecule has 7 heteroatoms. The van der Waals surface area contributed by atoms with Gasteiger partial charge < -0.3 is 4.90 Å². The molecule has 6 nitrogen and oxygen atoms in total. The first-order valence-electron chi connectivity index (χ1n) is 9.14. The molecule has 1 aliphatic rings. The van der Waals surface area contributed by atoms with Gasteiger partial charge in [-0.2, -0.15) is 5.10 Å². The summed E-state index contributed by atoms with van der Waals surface area (Å²) in [6, 6.07) is 8.26. The van der Waals surface area contributed by atoms with E-state index in [0.29, 0.717) is 5.16 Å². The molecule has 0 aliphatic carbocycles. The third-order valence-electron chi connectivity index (χ3n) is 4.41. The van der Waals surface area contributed by atoms with Crippen LogP contribution in [-0.4, -0.2) is 40.9 Å². The zero-order valence-corrected chi connectivity index (χ0v) is 16.8. The number of carbonyl (C=O) groups is 1. The summed E-state index contributed by atoms with van der Waals surface area (Å²) in [4.78, 5) is 23.0. The van der Waals surface area contributed by atoms with E-state index in [1.165, 1.54) is 30.3 Å². The van der Waals surface area contributed by atoms with Crippen LogP contribution < -0.4 is 10.3 Å². The summed E-state index contributed by atoms with van der Waals surface area (Å²) in [5.41, 5.74) is 7.78. The van der Waals surface area contributed by atoms with Gasteiger partial charge in [-0.1, -0.05) is 17.8 Å². The van der Waals surface area contributed by atoms with Crippen molar-refractivity contribution in [2.45, 2.75) is 38.8 Å². The Morgan fingerprint density at radius 1 is 1.19 bits per heavy atom. The number of aryl methyl sites for hydroxylation is 3. The molecule has 0 radical (unpaired) electrons. The standard InChI is InChI=1S/C20H25N5OS/c1-14-10-18(25-8-4-5-9-25)7-6-17(14)12-21-24-19(26)13-27-20-22-15(2)11-16(3)23-20/h6-7,10-12H,4-5,8-9,13H2,1-3H3,(H,24,26)/b21-12-. The Morgan fingerprint density at radius 2 is 1.89 bits per heavy atom. The van der Waals surface area contributed by atoms with Crippen molar-refractivity contribution in [2.75, 3.05) is 23.7 Å². The molecule has 3 rings (SSSR count). The molecule has 1 saturated heterocycles. The minimum Gasteiger partial charge on any atom is -0.372 e. The van der Waals surface area contributed by atoms with Gasteiger partial charge in [-0.15, -0.1) is 0 Å². The molecular weight excluding hydrogens is 358 g/mol. The van der Waals surface area contributed by atoms with Gasteiger partial charge in [0.05, 0.1) is 12.0 Å². The molecule has 2 aromatic rings. The number of amides is 1. The number of carbonyl (C=O) groups excluding carboxylic acids is 1. The Bertz CT molecular complexity index is 826. The number of hydrogen-bond acceptors (Lipinski definition) is 6. The van der Waals surface area contributed by atoms with Crippen molar-refractivity contribution in [3.63, 3.8) is 0 Å². The van der Waals surface area contributed by atoms with Crippen molar-refractivity contribution in [3.8, 4) is 0 Å². The smallest absolute Gasteiger partial charge is 0.250 e. The lowest BCUT2D eigenvalue weighted by atomic mass is 10.1. The van der Waals surface area contributed by atoms with Crippen LogP contribution in [0.25, 0.3) is 0 Å². The molecule has 1 fully saturated rings. The first-order chi connectivity index (χ1) is 13.0. The number of nitrogens with one attached hydrogen (secondary N) is 1. The maximum atomic E-state index is 12.0. The predicted octanol–water partition coefficient (Wildman–Crippen LogP) is 3.24. The largest absolute Gasteiger partial charge is 0.372 e. The maximum absolute atomic E-state index is 12.0. The first-order valence-corrected chi connectivity index (χ1v) is 10.1. The Labute approximate surface area is 164 Å². The van der Waals surface area contributed by atoms with Crippen LogP contribution in [-0.2, 0) is 4.79 Å². The van der Waals surface area contributed by atoms with E-state index < -0.39 is 0 Å². The van der Waals surface area contributed by atoms with Crippen LogP contribution in [0.5, 0.6) is 0 Å². The molecule has 1 aliphatic heterocycles. The monoisotopic (exact) mass is 383 g/mol. The molecule has 0 spiro atoms. The minimum atomic E-state index is -0.176. The lowest BCUT2D eigenvalue weighted by Gasteiger charge is -2.18. The van der Waals surface area contributed by atoms with Crippen LogP contribution >= 0.6 is 11.8 Å². The highest BCUT2D eigenvalue weighted by Crippen LogP contribution is 2.22. The van der Waals surface area contributed by atoms with Crippen LogP contribution in [0, 0.1) is 20.8 Å². The summed E-state index contributed by atoms with van der Waals surface area (Å²) in [5, 5.41) is 4.70. The summed E-state index contributed by atoms with van der Waals surface area (Å²) in [6.07, 6.45) is 4.22. The van der Waals surface area contributed by atoms with Crippen LogP contribution in [0.1, 0.15) is 35.4 Å². The van der Waals surface area contributed by atoms with E-state index in [9.17, 15) is 4.79 Å². The highest BCUT2D eigenvalue weighted by atomic mass is 32.2. The molecule has 27 heavy (non-hydrogen) atoms.